The van der Waals surface area contributed by atoms with Crippen LogP contribution in [0.1, 0.15) is 11.6 Å². The molecule has 1 aliphatic heterocycles. The standard InChI is InChI=1S/C21H23ClN2O3S/c1-27-21(26)20(17-9-5-6-10-18(17)22)24-13-11-23(12-14-24)19(25)15-28-16-7-3-2-4-8-16/h2-10,20H,11-15H2,1H3. The normalized spacial score (nSPS) is 15.9. The number of methoxy groups -OCH3 is 1. The third kappa shape index (κ3) is 5.07. The molecule has 0 aromatic heterocycles. The van der Waals surface area contributed by atoms with Crippen LogP contribution in [0.5, 0.6) is 0 Å². The van der Waals surface area contributed by atoms with Gasteiger partial charge in [-0.25, -0.2) is 4.79 Å². The first-order valence-electron chi connectivity index (χ1n) is 9.12. The number of carbonyl (C=O) groups is 2. The molecule has 7 heteroatoms. The maximum Gasteiger partial charge on any atom is 0.327 e. The number of hydrogen-bond donors (Lipinski definition) is 0. The minimum atomic E-state index is -0.561. The number of benzene rings is 2. The molecule has 0 saturated carbocycles. The lowest BCUT2D eigenvalue weighted by Crippen LogP contribution is -2.51. The molecular weight excluding hydrogens is 396 g/mol. The zero-order chi connectivity index (χ0) is 19.9. The van der Waals surface area contributed by atoms with E-state index in [9.17, 15) is 9.59 Å². The third-order valence-electron chi connectivity index (χ3n) is 4.76. The third-order valence-corrected chi connectivity index (χ3v) is 6.10. The predicted octanol–water partition coefficient (Wildman–Crippen LogP) is 3.49. The fraction of sp³-hybridized carbons (Fsp3) is 0.333. The molecule has 148 valence electrons. The van der Waals surface area contributed by atoms with E-state index in [1.165, 1.54) is 7.11 Å². The van der Waals surface area contributed by atoms with Crippen molar-refractivity contribution in [1.82, 2.24) is 9.80 Å². The van der Waals surface area contributed by atoms with Gasteiger partial charge < -0.3 is 9.64 Å². The van der Waals surface area contributed by atoms with E-state index >= 15 is 0 Å². The van der Waals surface area contributed by atoms with Crippen LogP contribution in [0.3, 0.4) is 0 Å². The summed E-state index contributed by atoms with van der Waals surface area (Å²) in [4.78, 5) is 29.9. The molecule has 0 bridgehead atoms. The van der Waals surface area contributed by atoms with Crippen molar-refractivity contribution in [2.75, 3.05) is 39.0 Å². The van der Waals surface area contributed by atoms with Crippen LogP contribution in [-0.4, -0.2) is 60.7 Å². The average Bonchev–Trinajstić information content (AvgIpc) is 2.74. The summed E-state index contributed by atoms with van der Waals surface area (Å²) < 4.78 is 5.01. The Balaban J connectivity index is 1.60. The van der Waals surface area contributed by atoms with Crippen molar-refractivity contribution in [1.29, 1.82) is 0 Å². The van der Waals surface area contributed by atoms with Crippen LogP contribution in [0.15, 0.2) is 59.5 Å². The zero-order valence-electron chi connectivity index (χ0n) is 15.7. The lowest BCUT2D eigenvalue weighted by molar-refractivity contribution is -0.148. The molecule has 3 rings (SSSR count). The molecule has 0 N–H and O–H groups in total. The van der Waals surface area contributed by atoms with Crippen LogP contribution in [0.25, 0.3) is 0 Å². The summed E-state index contributed by atoms with van der Waals surface area (Å²) in [6.45, 7) is 2.33. The molecule has 1 heterocycles. The van der Waals surface area contributed by atoms with Crippen molar-refractivity contribution < 1.29 is 14.3 Å². The van der Waals surface area contributed by atoms with Crippen molar-refractivity contribution in [2.24, 2.45) is 0 Å². The Bertz CT molecular complexity index is 810. The summed E-state index contributed by atoms with van der Waals surface area (Å²) >= 11 is 7.86. The highest BCUT2D eigenvalue weighted by Gasteiger charge is 2.33. The fourth-order valence-corrected chi connectivity index (χ4v) is 4.33. The smallest absolute Gasteiger partial charge is 0.327 e. The van der Waals surface area contributed by atoms with Crippen molar-refractivity contribution in [3.63, 3.8) is 0 Å². The highest BCUT2D eigenvalue weighted by Crippen LogP contribution is 2.29. The number of rotatable bonds is 6. The summed E-state index contributed by atoms with van der Waals surface area (Å²) in [5.41, 5.74) is 0.732. The van der Waals surface area contributed by atoms with Gasteiger partial charge >= 0.3 is 5.97 Å². The van der Waals surface area contributed by atoms with Gasteiger partial charge in [0.1, 0.15) is 6.04 Å². The van der Waals surface area contributed by atoms with Crippen molar-refractivity contribution in [3.05, 3.63) is 65.2 Å². The van der Waals surface area contributed by atoms with Crippen LogP contribution in [0, 0.1) is 0 Å². The van der Waals surface area contributed by atoms with Gasteiger partial charge in [-0.05, 0) is 23.8 Å². The monoisotopic (exact) mass is 418 g/mol. The molecule has 2 aromatic rings. The van der Waals surface area contributed by atoms with Crippen LogP contribution >= 0.6 is 23.4 Å². The largest absolute Gasteiger partial charge is 0.468 e. The Morgan fingerprint density at radius 3 is 2.32 bits per heavy atom. The topological polar surface area (TPSA) is 49.9 Å². The summed E-state index contributed by atoms with van der Waals surface area (Å²) in [6.07, 6.45) is 0. The van der Waals surface area contributed by atoms with Gasteiger partial charge in [0, 0.05) is 36.1 Å². The Labute approximate surface area is 174 Å². The molecule has 2 aromatic carbocycles. The summed E-state index contributed by atoms with van der Waals surface area (Å²) in [5, 5.41) is 0.538. The Morgan fingerprint density at radius 2 is 1.68 bits per heavy atom. The van der Waals surface area contributed by atoms with E-state index in [0.717, 1.165) is 10.5 Å². The lowest BCUT2D eigenvalue weighted by atomic mass is 10.0. The molecule has 0 radical (unpaired) electrons. The van der Waals surface area contributed by atoms with Gasteiger partial charge in [0.2, 0.25) is 5.91 Å². The van der Waals surface area contributed by atoms with E-state index in [2.05, 4.69) is 0 Å². The number of thioether (sulfide) groups is 1. The molecule has 0 spiro atoms. The van der Waals surface area contributed by atoms with E-state index < -0.39 is 6.04 Å². The van der Waals surface area contributed by atoms with Gasteiger partial charge in [0.25, 0.3) is 0 Å². The van der Waals surface area contributed by atoms with E-state index in [1.807, 2.05) is 58.3 Å². The number of nitrogens with zero attached hydrogens (tertiary/aromatic N) is 2. The highest BCUT2D eigenvalue weighted by atomic mass is 35.5. The van der Waals surface area contributed by atoms with Gasteiger partial charge in [-0.3, -0.25) is 9.69 Å². The number of esters is 1. The SMILES string of the molecule is COC(=O)C(c1ccccc1Cl)N1CCN(C(=O)CSc2ccccc2)CC1. The molecule has 1 unspecified atom stereocenters. The fourth-order valence-electron chi connectivity index (χ4n) is 3.26. The van der Waals surface area contributed by atoms with Gasteiger partial charge in [0.15, 0.2) is 0 Å². The van der Waals surface area contributed by atoms with E-state index in [1.54, 1.807) is 17.8 Å². The zero-order valence-corrected chi connectivity index (χ0v) is 17.3. The summed E-state index contributed by atoms with van der Waals surface area (Å²) in [7, 11) is 1.38. The van der Waals surface area contributed by atoms with Crippen LogP contribution < -0.4 is 0 Å². The minimum Gasteiger partial charge on any atom is -0.468 e. The molecule has 1 atom stereocenters. The quantitative estimate of drug-likeness (QED) is 0.531. The lowest BCUT2D eigenvalue weighted by Gasteiger charge is -2.38. The maximum absolute atomic E-state index is 12.5. The molecule has 1 fully saturated rings. The Kier molecular flexibility index (Phi) is 7.36. The molecule has 1 saturated heterocycles. The Hall–Kier alpha value is -2.02. The first-order chi connectivity index (χ1) is 13.6. The predicted molar refractivity (Wildman–Crippen MR) is 112 cm³/mol. The minimum absolute atomic E-state index is 0.112. The molecule has 1 amide bonds. The van der Waals surface area contributed by atoms with E-state index in [4.69, 9.17) is 16.3 Å². The van der Waals surface area contributed by atoms with Crippen molar-refractivity contribution >= 4 is 35.2 Å². The van der Waals surface area contributed by atoms with Crippen LogP contribution in [0.4, 0.5) is 0 Å². The summed E-state index contributed by atoms with van der Waals surface area (Å²) in [6, 6.07) is 16.6. The number of ether oxygens (including phenoxy) is 1. The van der Waals surface area contributed by atoms with Gasteiger partial charge in [-0.15, -0.1) is 11.8 Å². The molecular formula is C21H23ClN2O3S. The second-order valence-corrected chi connectivity index (χ2v) is 7.92. The maximum atomic E-state index is 12.5. The first-order valence-corrected chi connectivity index (χ1v) is 10.5. The highest BCUT2D eigenvalue weighted by molar-refractivity contribution is 8.00. The summed E-state index contributed by atoms with van der Waals surface area (Å²) in [5.74, 6) is 0.183. The molecule has 0 aliphatic carbocycles. The molecule has 28 heavy (non-hydrogen) atoms. The van der Waals surface area contributed by atoms with Crippen LogP contribution in [0.2, 0.25) is 5.02 Å². The second kappa shape index (κ2) is 9.96. The Morgan fingerprint density at radius 1 is 1.04 bits per heavy atom. The number of piperazine rings is 1. The number of hydrogen-bond acceptors (Lipinski definition) is 5. The van der Waals surface area contributed by atoms with E-state index in [0.29, 0.717) is 37.0 Å². The molecule has 1 aliphatic rings. The average molecular weight is 419 g/mol. The van der Waals surface area contributed by atoms with Crippen molar-refractivity contribution in [3.8, 4) is 0 Å². The van der Waals surface area contributed by atoms with Gasteiger partial charge in [-0.2, -0.15) is 0 Å². The van der Waals surface area contributed by atoms with Gasteiger partial charge in [0.05, 0.1) is 12.9 Å². The second-order valence-electron chi connectivity index (χ2n) is 6.47. The number of carbonyl (C=O) groups excluding carboxylic acids is 2. The molecule has 5 nitrogen and oxygen atoms in total. The van der Waals surface area contributed by atoms with Crippen molar-refractivity contribution in [2.45, 2.75) is 10.9 Å². The number of amides is 1. The van der Waals surface area contributed by atoms with Gasteiger partial charge in [-0.1, -0.05) is 48.0 Å². The first kappa shape index (κ1) is 20.7. The van der Waals surface area contributed by atoms with E-state index in [-0.39, 0.29) is 11.9 Å². The van der Waals surface area contributed by atoms with Crippen LogP contribution in [-0.2, 0) is 14.3 Å². The number of halogens is 1.